The van der Waals surface area contributed by atoms with Gasteiger partial charge in [-0.3, -0.25) is 14.2 Å². The zero-order chi connectivity index (χ0) is 21.3. The standard InChI is InChI=1S/C21H29N3O4S2/c1-2-3-10-24(15-9-12-30(27,28)13-15)18(25)8-11-23-14-22-20-19(21(23)26)16-6-4-5-7-17(16)29-20/h14-15H,2-13H2,1H3. The molecule has 1 aliphatic heterocycles. The molecule has 3 heterocycles. The largest absolute Gasteiger partial charge is 0.339 e. The molecule has 2 aliphatic rings. The first-order valence-corrected chi connectivity index (χ1v) is 13.5. The second-order valence-electron chi connectivity index (χ2n) is 8.38. The summed E-state index contributed by atoms with van der Waals surface area (Å²) in [5.74, 6) is 0.123. The van der Waals surface area contributed by atoms with Crippen molar-refractivity contribution in [2.24, 2.45) is 0 Å². The van der Waals surface area contributed by atoms with Crippen molar-refractivity contribution in [2.45, 2.75) is 70.9 Å². The topological polar surface area (TPSA) is 89.3 Å². The second-order valence-corrected chi connectivity index (χ2v) is 11.7. The number of rotatable bonds is 7. The summed E-state index contributed by atoms with van der Waals surface area (Å²) in [4.78, 5) is 34.4. The molecular formula is C21H29N3O4S2. The first-order chi connectivity index (χ1) is 14.4. The second kappa shape index (κ2) is 8.78. The first kappa shape index (κ1) is 21.5. The molecular weight excluding hydrogens is 422 g/mol. The van der Waals surface area contributed by atoms with Gasteiger partial charge in [-0.05, 0) is 44.1 Å². The van der Waals surface area contributed by atoms with E-state index in [1.165, 1.54) is 4.88 Å². The van der Waals surface area contributed by atoms with E-state index in [-0.39, 0.29) is 42.0 Å². The minimum absolute atomic E-state index is 0.0525. The van der Waals surface area contributed by atoms with E-state index in [0.717, 1.165) is 54.3 Å². The van der Waals surface area contributed by atoms with Gasteiger partial charge in [0.1, 0.15) is 4.83 Å². The lowest BCUT2D eigenvalue weighted by atomic mass is 9.97. The molecule has 30 heavy (non-hydrogen) atoms. The van der Waals surface area contributed by atoms with E-state index in [4.69, 9.17) is 0 Å². The first-order valence-electron chi connectivity index (χ1n) is 10.9. The molecule has 1 atom stereocenters. The van der Waals surface area contributed by atoms with Gasteiger partial charge in [-0.15, -0.1) is 11.3 Å². The van der Waals surface area contributed by atoms with E-state index < -0.39 is 9.84 Å². The van der Waals surface area contributed by atoms with Gasteiger partial charge >= 0.3 is 0 Å². The van der Waals surface area contributed by atoms with Crippen LogP contribution in [-0.2, 0) is 34.0 Å². The fourth-order valence-electron chi connectivity index (χ4n) is 4.56. The SMILES string of the molecule is CCCCN(C(=O)CCn1cnc2sc3c(c2c1=O)CCCC3)C1CCS(=O)(=O)C1. The van der Waals surface area contributed by atoms with Crippen LogP contribution in [-0.4, -0.2) is 52.9 Å². The van der Waals surface area contributed by atoms with Crippen LogP contribution in [0.2, 0.25) is 0 Å². The number of aryl methyl sites for hydroxylation is 3. The normalized spacial score (nSPS) is 20.4. The monoisotopic (exact) mass is 451 g/mol. The Bertz CT molecular complexity index is 1100. The van der Waals surface area contributed by atoms with Gasteiger partial charge in [0.25, 0.3) is 5.56 Å². The summed E-state index contributed by atoms with van der Waals surface area (Å²) in [5.41, 5.74) is 1.09. The molecule has 0 bridgehead atoms. The Kier molecular flexibility index (Phi) is 6.29. The molecule has 2 aromatic rings. The van der Waals surface area contributed by atoms with Crippen LogP contribution >= 0.6 is 11.3 Å². The third kappa shape index (κ3) is 4.32. The van der Waals surface area contributed by atoms with Crippen molar-refractivity contribution in [2.75, 3.05) is 18.1 Å². The number of thiophene rings is 1. The molecule has 4 rings (SSSR count). The molecule has 164 valence electrons. The van der Waals surface area contributed by atoms with Crippen LogP contribution < -0.4 is 5.56 Å². The van der Waals surface area contributed by atoms with Crippen molar-refractivity contribution in [3.63, 3.8) is 0 Å². The molecule has 0 radical (unpaired) electrons. The molecule has 2 aromatic heterocycles. The molecule has 1 aliphatic carbocycles. The Morgan fingerprint density at radius 3 is 2.87 bits per heavy atom. The van der Waals surface area contributed by atoms with Crippen LogP contribution in [0.4, 0.5) is 0 Å². The molecule has 0 aromatic carbocycles. The van der Waals surface area contributed by atoms with Crippen LogP contribution in [0.5, 0.6) is 0 Å². The van der Waals surface area contributed by atoms with Gasteiger partial charge < -0.3 is 4.90 Å². The summed E-state index contributed by atoms with van der Waals surface area (Å²) >= 11 is 1.62. The maximum Gasteiger partial charge on any atom is 0.262 e. The molecule has 0 spiro atoms. The van der Waals surface area contributed by atoms with Crippen LogP contribution in [0, 0.1) is 0 Å². The lowest BCUT2D eigenvalue weighted by Crippen LogP contribution is -2.42. The minimum Gasteiger partial charge on any atom is -0.339 e. The van der Waals surface area contributed by atoms with Crippen LogP contribution in [0.15, 0.2) is 11.1 Å². The maximum absolute atomic E-state index is 13.1. The lowest BCUT2D eigenvalue weighted by Gasteiger charge is -2.28. The van der Waals surface area contributed by atoms with E-state index in [2.05, 4.69) is 11.9 Å². The van der Waals surface area contributed by atoms with E-state index in [1.807, 2.05) is 0 Å². The number of hydrogen-bond donors (Lipinski definition) is 0. The van der Waals surface area contributed by atoms with Crippen LogP contribution in [0.3, 0.4) is 0 Å². The van der Waals surface area contributed by atoms with Crippen LogP contribution in [0.1, 0.15) is 55.9 Å². The van der Waals surface area contributed by atoms with E-state index in [0.29, 0.717) is 13.0 Å². The number of hydrogen-bond acceptors (Lipinski definition) is 6. The zero-order valence-electron chi connectivity index (χ0n) is 17.4. The summed E-state index contributed by atoms with van der Waals surface area (Å²) < 4.78 is 25.3. The number of fused-ring (bicyclic) bond motifs is 3. The van der Waals surface area contributed by atoms with E-state index in [9.17, 15) is 18.0 Å². The zero-order valence-corrected chi connectivity index (χ0v) is 19.1. The van der Waals surface area contributed by atoms with Gasteiger partial charge in [0.15, 0.2) is 9.84 Å². The lowest BCUT2D eigenvalue weighted by molar-refractivity contribution is -0.133. The summed E-state index contributed by atoms with van der Waals surface area (Å²) in [5, 5.41) is 0.731. The highest BCUT2D eigenvalue weighted by molar-refractivity contribution is 7.91. The number of carbonyl (C=O) groups is 1. The van der Waals surface area contributed by atoms with Crippen molar-refractivity contribution < 1.29 is 13.2 Å². The minimum atomic E-state index is -3.06. The van der Waals surface area contributed by atoms with Crippen molar-refractivity contribution in [1.29, 1.82) is 0 Å². The van der Waals surface area contributed by atoms with Gasteiger partial charge in [-0.2, -0.15) is 0 Å². The molecule has 0 saturated carbocycles. The van der Waals surface area contributed by atoms with E-state index in [1.54, 1.807) is 27.1 Å². The Morgan fingerprint density at radius 2 is 2.13 bits per heavy atom. The molecule has 1 unspecified atom stereocenters. The molecule has 9 heteroatoms. The van der Waals surface area contributed by atoms with Crippen molar-refractivity contribution in [3.05, 3.63) is 27.1 Å². The number of unbranched alkanes of at least 4 members (excludes halogenated alkanes) is 1. The summed E-state index contributed by atoms with van der Waals surface area (Å²) in [6.07, 6.45) is 8.22. The van der Waals surface area contributed by atoms with E-state index >= 15 is 0 Å². The Labute approximate surface area is 181 Å². The smallest absolute Gasteiger partial charge is 0.262 e. The number of aromatic nitrogens is 2. The molecule has 1 saturated heterocycles. The van der Waals surface area contributed by atoms with Gasteiger partial charge in [-0.1, -0.05) is 13.3 Å². The fraction of sp³-hybridized carbons (Fsp3) is 0.667. The van der Waals surface area contributed by atoms with Gasteiger partial charge in [0.05, 0.1) is 23.2 Å². The third-order valence-electron chi connectivity index (χ3n) is 6.23. The molecule has 0 N–H and O–H groups in total. The summed E-state index contributed by atoms with van der Waals surface area (Å²) in [6, 6.07) is -0.240. The Morgan fingerprint density at radius 1 is 1.33 bits per heavy atom. The van der Waals surface area contributed by atoms with Crippen molar-refractivity contribution in [3.8, 4) is 0 Å². The molecule has 7 nitrogen and oxygen atoms in total. The predicted molar refractivity (Wildman–Crippen MR) is 119 cm³/mol. The number of carbonyl (C=O) groups excluding carboxylic acids is 1. The quantitative estimate of drug-likeness (QED) is 0.645. The predicted octanol–water partition coefficient (Wildman–Crippen LogP) is 2.54. The molecule has 1 fully saturated rings. The number of amides is 1. The average Bonchev–Trinajstić information content (AvgIpc) is 3.27. The maximum atomic E-state index is 13.1. The van der Waals surface area contributed by atoms with Gasteiger partial charge in [0, 0.05) is 30.4 Å². The highest BCUT2D eigenvalue weighted by Crippen LogP contribution is 2.33. The van der Waals surface area contributed by atoms with Crippen molar-refractivity contribution >= 4 is 37.3 Å². The van der Waals surface area contributed by atoms with Gasteiger partial charge in [-0.25, -0.2) is 13.4 Å². The summed E-state index contributed by atoms with van der Waals surface area (Å²) in [6.45, 7) is 2.89. The fourth-order valence-corrected chi connectivity index (χ4v) is 7.51. The van der Waals surface area contributed by atoms with Crippen LogP contribution in [0.25, 0.3) is 10.2 Å². The summed E-state index contributed by atoms with van der Waals surface area (Å²) in [7, 11) is -3.06. The average molecular weight is 452 g/mol. The number of nitrogens with zero attached hydrogens (tertiary/aromatic N) is 3. The Balaban J connectivity index is 1.51. The van der Waals surface area contributed by atoms with Crippen molar-refractivity contribution in [1.82, 2.24) is 14.5 Å². The number of sulfone groups is 1. The third-order valence-corrected chi connectivity index (χ3v) is 9.18. The Hall–Kier alpha value is -1.74. The molecule has 1 amide bonds. The highest BCUT2D eigenvalue weighted by atomic mass is 32.2. The highest BCUT2D eigenvalue weighted by Gasteiger charge is 2.34. The van der Waals surface area contributed by atoms with Gasteiger partial charge in [0.2, 0.25) is 5.91 Å².